The van der Waals surface area contributed by atoms with Crippen LogP contribution in [0.2, 0.25) is 0 Å². The number of nitrogens with zero attached hydrogens (tertiary/aromatic N) is 1. The van der Waals surface area contributed by atoms with E-state index in [9.17, 15) is 5.11 Å². The molecule has 0 unspecified atom stereocenters. The molecule has 1 aromatic carbocycles. The van der Waals surface area contributed by atoms with E-state index in [1.807, 2.05) is 13.8 Å². The zero-order chi connectivity index (χ0) is 17.2. The number of methoxy groups -OCH3 is 1. The lowest BCUT2D eigenvalue weighted by Gasteiger charge is -2.26. The molecule has 0 aliphatic carbocycles. The molecule has 0 aromatic heterocycles. The first kappa shape index (κ1) is 20.1. The molecule has 0 saturated carbocycles. The Balaban J connectivity index is 2.65. The molecule has 1 N–H and O–H groups in total. The summed E-state index contributed by atoms with van der Waals surface area (Å²) in [5, 5.41) is 10.2. The third-order valence-electron chi connectivity index (χ3n) is 3.81. The molecule has 1 aromatic rings. The van der Waals surface area contributed by atoms with Gasteiger partial charge in [0.1, 0.15) is 0 Å². The van der Waals surface area contributed by atoms with Crippen molar-refractivity contribution in [3.63, 3.8) is 0 Å². The van der Waals surface area contributed by atoms with Crippen LogP contribution in [-0.4, -0.2) is 55.6 Å². The van der Waals surface area contributed by atoms with Gasteiger partial charge in [0.25, 0.3) is 0 Å². The fourth-order valence-electron chi connectivity index (χ4n) is 2.53. The zero-order valence-electron chi connectivity index (χ0n) is 15.3. The van der Waals surface area contributed by atoms with Gasteiger partial charge >= 0.3 is 0 Å². The molecule has 0 heterocycles. The predicted octanol–water partition coefficient (Wildman–Crippen LogP) is 2.93. The van der Waals surface area contributed by atoms with Gasteiger partial charge in [0, 0.05) is 33.4 Å². The fraction of sp³-hybridized carbons (Fsp3) is 0.684. The molecular formula is C19H33NO3. The van der Waals surface area contributed by atoms with E-state index < -0.39 is 6.10 Å². The second-order valence-corrected chi connectivity index (χ2v) is 6.55. The lowest BCUT2D eigenvalue weighted by Crippen LogP contribution is -2.36. The molecule has 0 bridgehead atoms. The monoisotopic (exact) mass is 323 g/mol. The lowest BCUT2D eigenvalue weighted by molar-refractivity contribution is -0.0103. The number of hydrogen-bond donors (Lipinski definition) is 1. The van der Waals surface area contributed by atoms with Crippen molar-refractivity contribution in [2.24, 2.45) is 0 Å². The van der Waals surface area contributed by atoms with Crippen LogP contribution in [0.1, 0.15) is 37.0 Å². The van der Waals surface area contributed by atoms with Crippen LogP contribution in [0.4, 0.5) is 0 Å². The molecule has 4 heteroatoms. The van der Waals surface area contributed by atoms with Crippen molar-refractivity contribution in [2.75, 3.05) is 33.4 Å². The maximum absolute atomic E-state index is 10.2. The van der Waals surface area contributed by atoms with Crippen LogP contribution >= 0.6 is 0 Å². The Kier molecular flexibility index (Phi) is 9.41. The number of aliphatic hydroxyl groups excluding tert-OH is 1. The van der Waals surface area contributed by atoms with E-state index >= 15 is 0 Å². The minimum atomic E-state index is -0.468. The SMILES string of the molecule is COCCCN(Cc1cc(C)ccc1C)C[C@@H](O)COC(C)C. The molecule has 1 atom stereocenters. The van der Waals surface area contributed by atoms with Gasteiger partial charge in [-0.1, -0.05) is 23.8 Å². The van der Waals surface area contributed by atoms with Crippen molar-refractivity contribution in [3.8, 4) is 0 Å². The predicted molar refractivity (Wildman–Crippen MR) is 94.8 cm³/mol. The maximum atomic E-state index is 10.2. The summed E-state index contributed by atoms with van der Waals surface area (Å²) in [6.45, 7) is 11.7. The average Bonchev–Trinajstić information content (AvgIpc) is 2.49. The minimum absolute atomic E-state index is 0.144. The topological polar surface area (TPSA) is 41.9 Å². The van der Waals surface area contributed by atoms with E-state index in [1.165, 1.54) is 16.7 Å². The highest BCUT2D eigenvalue weighted by molar-refractivity contribution is 5.30. The van der Waals surface area contributed by atoms with Crippen molar-refractivity contribution >= 4 is 0 Å². The number of aliphatic hydroxyl groups is 1. The molecule has 0 spiro atoms. The first-order chi connectivity index (χ1) is 10.9. The van der Waals surface area contributed by atoms with Crippen molar-refractivity contribution in [3.05, 3.63) is 34.9 Å². The van der Waals surface area contributed by atoms with Crippen LogP contribution in [0, 0.1) is 13.8 Å². The molecule has 0 amide bonds. The Bertz CT molecular complexity index is 448. The summed E-state index contributed by atoms with van der Waals surface area (Å²) in [5.74, 6) is 0. The van der Waals surface area contributed by atoms with Gasteiger partial charge in [0.15, 0.2) is 0 Å². The molecule has 132 valence electrons. The highest BCUT2D eigenvalue weighted by Crippen LogP contribution is 2.14. The minimum Gasteiger partial charge on any atom is -0.389 e. The van der Waals surface area contributed by atoms with Crippen LogP contribution in [0.25, 0.3) is 0 Å². The summed E-state index contributed by atoms with van der Waals surface area (Å²) < 4.78 is 10.7. The summed E-state index contributed by atoms with van der Waals surface area (Å²) in [7, 11) is 1.72. The standard InChI is InChI=1S/C19H33NO3/c1-15(2)23-14-19(21)13-20(9-6-10-22-5)12-18-11-16(3)7-8-17(18)4/h7-8,11,15,19,21H,6,9-10,12-14H2,1-5H3/t19-/m1/s1. The van der Waals surface area contributed by atoms with Crippen LogP contribution in [0.15, 0.2) is 18.2 Å². The molecule has 0 aliphatic heterocycles. The third-order valence-corrected chi connectivity index (χ3v) is 3.81. The van der Waals surface area contributed by atoms with Gasteiger partial charge in [-0.3, -0.25) is 4.90 Å². The van der Waals surface area contributed by atoms with Crippen molar-refractivity contribution in [1.82, 2.24) is 4.90 Å². The second-order valence-electron chi connectivity index (χ2n) is 6.55. The summed E-state index contributed by atoms with van der Waals surface area (Å²) in [6.07, 6.45) is 0.634. The first-order valence-electron chi connectivity index (χ1n) is 8.49. The Morgan fingerprint density at radius 3 is 2.61 bits per heavy atom. The molecule has 23 heavy (non-hydrogen) atoms. The largest absolute Gasteiger partial charge is 0.389 e. The van der Waals surface area contributed by atoms with Crippen LogP contribution < -0.4 is 0 Å². The van der Waals surface area contributed by atoms with E-state index in [2.05, 4.69) is 36.9 Å². The van der Waals surface area contributed by atoms with Crippen LogP contribution in [0.3, 0.4) is 0 Å². The normalized spacial score (nSPS) is 13.0. The number of rotatable bonds is 11. The number of aryl methyl sites for hydroxylation is 2. The number of benzene rings is 1. The second kappa shape index (κ2) is 10.8. The molecule has 0 radical (unpaired) electrons. The van der Waals surface area contributed by atoms with Crippen molar-refractivity contribution in [1.29, 1.82) is 0 Å². The number of hydrogen-bond acceptors (Lipinski definition) is 4. The van der Waals surface area contributed by atoms with Crippen LogP contribution in [-0.2, 0) is 16.0 Å². The maximum Gasteiger partial charge on any atom is 0.0900 e. The fourth-order valence-corrected chi connectivity index (χ4v) is 2.53. The van der Waals surface area contributed by atoms with Gasteiger partial charge < -0.3 is 14.6 Å². The molecular weight excluding hydrogens is 290 g/mol. The molecule has 0 saturated heterocycles. The van der Waals surface area contributed by atoms with Crippen LogP contribution in [0.5, 0.6) is 0 Å². The first-order valence-corrected chi connectivity index (χ1v) is 8.49. The summed E-state index contributed by atoms with van der Waals surface area (Å²) in [6, 6.07) is 6.53. The van der Waals surface area contributed by atoms with E-state index in [4.69, 9.17) is 9.47 Å². The third kappa shape index (κ3) is 8.47. The van der Waals surface area contributed by atoms with E-state index in [-0.39, 0.29) is 6.10 Å². The summed E-state index contributed by atoms with van der Waals surface area (Å²) in [5.41, 5.74) is 3.88. The van der Waals surface area contributed by atoms with E-state index in [1.54, 1.807) is 7.11 Å². The molecule has 0 fully saturated rings. The number of ether oxygens (including phenoxy) is 2. The van der Waals surface area contributed by atoms with Gasteiger partial charge in [-0.25, -0.2) is 0 Å². The molecule has 4 nitrogen and oxygen atoms in total. The Morgan fingerprint density at radius 1 is 1.22 bits per heavy atom. The van der Waals surface area contributed by atoms with Gasteiger partial charge in [0.2, 0.25) is 0 Å². The quantitative estimate of drug-likeness (QED) is 0.636. The van der Waals surface area contributed by atoms with Gasteiger partial charge in [-0.15, -0.1) is 0 Å². The molecule has 1 rings (SSSR count). The van der Waals surface area contributed by atoms with Crippen molar-refractivity contribution in [2.45, 2.75) is 52.9 Å². The Labute approximate surface area is 141 Å². The van der Waals surface area contributed by atoms with E-state index in [0.29, 0.717) is 13.2 Å². The Hall–Kier alpha value is -0.940. The highest BCUT2D eigenvalue weighted by atomic mass is 16.5. The average molecular weight is 323 g/mol. The van der Waals surface area contributed by atoms with E-state index in [0.717, 1.165) is 26.1 Å². The van der Waals surface area contributed by atoms with Crippen molar-refractivity contribution < 1.29 is 14.6 Å². The van der Waals surface area contributed by atoms with Gasteiger partial charge in [-0.05, 0) is 45.2 Å². The van der Waals surface area contributed by atoms with Gasteiger partial charge in [0.05, 0.1) is 18.8 Å². The summed E-state index contributed by atoms with van der Waals surface area (Å²) >= 11 is 0. The smallest absolute Gasteiger partial charge is 0.0900 e. The van der Waals surface area contributed by atoms with Gasteiger partial charge in [-0.2, -0.15) is 0 Å². The lowest BCUT2D eigenvalue weighted by atomic mass is 10.0. The molecule has 0 aliphatic rings. The zero-order valence-corrected chi connectivity index (χ0v) is 15.3. The Morgan fingerprint density at radius 2 is 1.96 bits per heavy atom. The summed E-state index contributed by atoms with van der Waals surface area (Å²) in [4.78, 5) is 2.29. The highest BCUT2D eigenvalue weighted by Gasteiger charge is 2.14.